The molecule has 1 aliphatic heterocycles. The third-order valence-corrected chi connectivity index (χ3v) is 4.48. The summed E-state index contributed by atoms with van der Waals surface area (Å²) in [5, 5.41) is 3.04. The van der Waals surface area contributed by atoms with Gasteiger partial charge in [0.15, 0.2) is 11.6 Å². The number of carbonyl (C=O) groups excluding carboxylic acids is 1. The molecule has 0 saturated carbocycles. The zero-order chi connectivity index (χ0) is 17.6. The lowest BCUT2D eigenvalue weighted by Crippen LogP contribution is -2.36. The van der Waals surface area contributed by atoms with Gasteiger partial charge < -0.3 is 14.8 Å². The van der Waals surface area contributed by atoms with Crippen LogP contribution < -0.4 is 10.1 Å². The van der Waals surface area contributed by atoms with Gasteiger partial charge in [0.05, 0.1) is 13.2 Å². The summed E-state index contributed by atoms with van der Waals surface area (Å²) in [6.07, 6.45) is 5.17. The molecule has 1 saturated heterocycles. The lowest BCUT2D eigenvalue weighted by molar-refractivity contribution is 0.0513. The van der Waals surface area contributed by atoms with Gasteiger partial charge in [-0.25, -0.2) is 4.39 Å². The van der Waals surface area contributed by atoms with Gasteiger partial charge in [-0.2, -0.15) is 0 Å². The first-order valence-corrected chi connectivity index (χ1v) is 8.31. The first-order chi connectivity index (χ1) is 12.2. The average molecular weight is 344 g/mol. The first kappa shape index (κ1) is 17.4. The van der Waals surface area contributed by atoms with E-state index in [4.69, 9.17) is 9.47 Å². The number of nitrogens with zero attached hydrogens (tertiary/aromatic N) is 1. The zero-order valence-electron chi connectivity index (χ0n) is 14.1. The Morgan fingerprint density at radius 1 is 1.36 bits per heavy atom. The van der Waals surface area contributed by atoms with Gasteiger partial charge in [0.2, 0.25) is 0 Å². The number of nitrogens with one attached hydrogen (secondary N) is 1. The van der Waals surface area contributed by atoms with Crippen LogP contribution in [0.4, 0.5) is 4.39 Å². The molecule has 1 fully saturated rings. The second-order valence-electron chi connectivity index (χ2n) is 6.04. The first-order valence-electron chi connectivity index (χ1n) is 8.31. The number of ether oxygens (including phenoxy) is 2. The fourth-order valence-electron chi connectivity index (χ4n) is 3.11. The van der Waals surface area contributed by atoms with Crippen LogP contribution in [0.1, 0.15) is 34.8 Å². The molecule has 3 rings (SSSR count). The van der Waals surface area contributed by atoms with Crippen LogP contribution in [0.15, 0.2) is 42.7 Å². The highest BCUT2D eigenvalue weighted by atomic mass is 19.1. The summed E-state index contributed by atoms with van der Waals surface area (Å²) < 4.78 is 24.2. The van der Waals surface area contributed by atoms with Gasteiger partial charge in [-0.3, -0.25) is 9.78 Å². The van der Waals surface area contributed by atoms with Crippen LogP contribution in [0.3, 0.4) is 0 Å². The van der Waals surface area contributed by atoms with Crippen molar-refractivity contribution in [2.45, 2.75) is 18.9 Å². The molecular formula is C19H21FN2O3. The Bertz CT molecular complexity index is 718. The molecular weight excluding hydrogens is 323 g/mol. The van der Waals surface area contributed by atoms with E-state index in [1.165, 1.54) is 19.2 Å². The van der Waals surface area contributed by atoms with E-state index in [2.05, 4.69) is 10.3 Å². The van der Waals surface area contributed by atoms with E-state index in [0.29, 0.717) is 13.2 Å². The highest BCUT2D eigenvalue weighted by Crippen LogP contribution is 2.30. The summed E-state index contributed by atoms with van der Waals surface area (Å²) in [5.74, 6) is -0.504. The van der Waals surface area contributed by atoms with Crippen LogP contribution in [0.25, 0.3) is 0 Å². The van der Waals surface area contributed by atoms with Gasteiger partial charge in [0.25, 0.3) is 5.91 Å². The number of rotatable bonds is 5. The molecule has 1 aromatic heterocycles. The number of hydrogen-bond acceptors (Lipinski definition) is 4. The van der Waals surface area contributed by atoms with Crippen molar-refractivity contribution in [1.29, 1.82) is 0 Å². The average Bonchev–Trinajstić information content (AvgIpc) is 2.67. The Hall–Kier alpha value is -2.47. The Balaban J connectivity index is 1.81. The standard InChI is InChI=1S/C19H21FN2O3/c1-24-17-5-4-14(11-16(17)20)19(23)22-18(13-6-9-25-10-7-13)15-3-2-8-21-12-15/h2-5,8,11-13,18H,6-7,9-10H2,1H3,(H,22,23). The van der Waals surface area contributed by atoms with E-state index in [9.17, 15) is 9.18 Å². The van der Waals surface area contributed by atoms with Crippen LogP contribution in [0, 0.1) is 11.7 Å². The van der Waals surface area contributed by atoms with E-state index in [0.717, 1.165) is 18.4 Å². The fraction of sp³-hybridized carbons (Fsp3) is 0.368. The Kier molecular flexibility index (Phi) is 5.60. The zero-order valence-corrected chi connectivity index (χ0v) is 14.1. The summed E-state index contributed by atoms with van der Waals surface area (Å²) in [6, 6.07) is 7.82. The second kappa shape index (κ2) is 8.07. The van der Waals surface area contributed by atoms with Crippen molar-refractivity contribution in [1.82, 2.24) is 10.3 Å². The molecule has 1 N–H and O–H groups in total. The summed E-state index contributed by atoms with van der Waals surface area (Å²) in [7, 11) is 1.39. The maximum atomic E-state index is 13.9. The number of pyridine rings is 1. The minimum absolute atomic E-state index is 0.116. The van der Waals surface area contributed by atoms with Crippen LogP contribution >= 0.6 is 0 Å². The molecule has 1 atom stereocenters. The maximum Gasteiger partial charge on any atom is 0.251 e. The number of aromatic nitrogens is 1. The van der Waals surface area contributed by atoms with Crippen molar-refractivity contribution in [3.05, 3.63) is 59.7 Å². The molecule has 132 valence electrons. The monoisotopic (exact) mass is 344 g/mol. The van der Waals surface area contributed by atoms with Crippen molar-refractivity contribution in [3.8, 4) is 5.75 Å². The van der Waals surface area contributed by atoms with Crippen LogP contribution in [-0.2, 0) is 4.74 Å². The van der Waals surface area contributed by atoms with Crippen molar-refractivity contribution >= 4 is 5.91 Å². The van der Waals surface area contributed by atoms with Gasteiger partial charge in [0, 0.05) is 31.2 Å². The van der Waals surface area contributed by atoms with Crippen LogP contribution in [0.5, 0.6) is 5.75 Å². The maximum absolute atomic E-state index is 13.9. The lowest BCUT2D eigenvalue weighted by Gasteiger charge is -2.31. The molecule has 5 nitrogen and oxygen atoms in total. The summed E-state index contributed by atoms with van der Waals surface area (Å²) in [6.45, 7) is 1.35. The minimum Gasteiger partial charge on any atom is -0.494 e. The summed E-state index contributed by atoms with van der Waals surface area (Å²) in [4.78, 5) is 16.8. The lowest BCUT2D eigenvalue weighted by atomic mass is 9.87. The van der Waals surface area contributed by atoms with Crippen LogP contribution in [-0.4, -0.2) is 31.2 Å². The normalized spacial score (nSPS) is 16.2. The van der Waals surface area contributed by atoms with Gasteiger partial charge in [0.1, 0.15) is 0 Å². The summed E-state index contributed by atoms with van der Waals surface area (Å²) in [5.41, 5.74) is 1.20. The second-order valence-corrected chi connectivity index (χ2v) is 6.04. The molecule has 1 aliphatic rings. The minimum atomic E-state index is -0.556. The largest absolute Gasteiger partial charge is 0.494 e. The van der Waals surface area contributed by atoms with Gasteiger partial charge in [-0.15, -0.1) is 0 Å². The Labute approximate surface area is 146 Å². The molecule has 25 heavy (non-hydrogen) atoms. The number of amides is 1. The molecule has 1 amide bonds. The number of hydrogen-bond donors (Lipinski definition) is 1. The molecule has 0 spiro atoms. The number of benzene rings is 1. The van der Waals surface area contributed by atoms with E-state index in [-0.39, 0.29) is 29.2 Å². The van der Waals surface area contributed by atoms with Crippen molar-refractivity contribution in [2.24, 2.45) is 5.92 Å². The molecule has 0 radical (unpaired) electrons. The van der Waals surface area contributed by atoms with Crippen LogP contribution in [0.2, 0.25) is 0 Å². The predicted octanol–water partition coefficient (Wildman–Crippen LogP) is 3.13. The SMILES string of the molecule is COc1ccc(C(=O)NC(c2cccnc2)C2CCOCC2)cc1F. The topological polar surface area (TPSA) is 60.5 Å². The van der Waals surface area contributed by atoms with E-state index >= 15 is 0 Å². The van der Waals surface area contributed by atoms with E-state index in [1.807, 2.05) is 12.1 Å². The van der Waals surface area contributed by atoms with Crippen molar-refractivity contribution < 1.29 is 18.7 Å². The highest BCUT2D eigenvalue weighted by Gasteiger charge is 2.27. The number of carbonyl (C=O) groups is 1. The van der Waals surface area contributed by atoms with Crippen molar-refractivity contribution in [3.63, 3.8) is 0 Å². The molecule has 1 aromatic carbocycles. The number of halogens is 1. The number of methoxy groups -OCH3 is 1. The molecule has 2 aromatic rings. The quantitative estimate of drug-likeness (QED) is 0.905. The fourth-order valence-corrected chi connectivity index (χ4v) is 3.11. The molecule has 0 bridgehead atoms. The van der Waals surface area contributed by atoms with Crippen molar-refractivity contribution in [2.75, 3.05) is 20.3 Å². The third-order valence-electron chi connectivity index (χ3n) is 4.48. The Morgan fingerprint density at radius 2 is 2.16 bits per heavy atom. The van der Waals surface area contributed by atoms with Gasteiger partial charge in [-0.05, 0) is 48.6 Å². The molecule has 0 aliphatic carbocycles. The van der Waals surface area contributed by atoms with Gasteiger partial charge in [-0.1, -0.05) is 6.07 Å². The molecule has 6 heteroatoms. The smallest absolute Gasteiger partial charge is 0.251 e. The highest BCUT2D eigenvalue weighted by molar-refractivity contribution is 5.94. The predicted molar refractivity (Wildman–Crippen MR) is 90.9 cm³/mol. The Morgan fingerprint density at radius 3 is 2.80 bits per heavy atom. The van der Waals surface area contributed by atoms with E-state index < -0.39 is 5.82 Å². The molecule has 1 unspecified atom stereocenters. The van der Waals surface area contributed by atoms with E-state index in [1.54, 1.807) is 18.5 Å². The summed E-state index contributed by atoms with van der Waals surface area (Å²) >= 11 is 0. The van der Waals surface area contributed by atoms with Gasteiger partial charge >= 0.3 is 0 Å². The third kappa shape index (κ3) is 4.14. The molecule has 2 heterocycles.